The molecule has 0 aliphatic carbocycles. The molecular formula is C20H23F3N4O3. The number of halogens is 3. The minimum Gasteiger partial charge on any atom is -0.490 e. The van der Waals surface area contributed by atoms with Crippen molar-refractivity contribution >= 4 is 11.6 Å². The predicted molar refractivity (Wildman–Crippen MR) is 106 cm³/mol. The van der Waals surface area contributed by atoms with Crippen LogP contribution in [0.1, 0.15) is 18.9 Å². The average molecular weight is 424 g/mol. The van der Waals surface area contributed by atoms with Gasteiger partial charge in [0.1, 0.15) is 0 Å². The third-order valence-electron chi connectivity index (χ3n) is 3.98. The number of anilines is 1. The number of hydrogen-bond donors (Lipinski definition) is 2. The Bertz CT molecular complexity index is 875. The zero-order valence-electron chi connectivity index (χ0n) is 16.5. The molecule has 0 fully saturated rings. The number of benzene rings is 1. The van der Waals surface area contributed by atoms with Gasteiger partial charge in [0.25, 0.3) is 0 Å². The lowest BCUT2D eigenvalue weighted by molar-refractivity contribution is -0.154. The van der Waals surface area contributed by atoms with Crippen LogP contribution in [0.5, 0.6) is 17.4 Å². The SMILES string of the molecule is CCNC(=NCc1cccnc1OCC(F)(F)F)Nc1ccc2c(c1)OCCCO2. The largest absolute Gasteiger partial charge is 0.490 e. The summed E-state index contributed by atoms with van der Waals surface area (Å²) in [4.78, 5) is 8.32. The minimum absolute atomic E-state index is 0.0842. The lowest BCUT2D eigenvalue weighted by atomic mass is 10.2. The van der Waals surface area contributed by atoms with Crippen LogP contribution >= 0.6 is 0 Å². The van der Waals surface area contributed by atoms with Gasteiger partial charge in [-0.1, -0.05) is 6.07 Å². The molecule has 1 aromatic heterocycles. The second kappa shape index (κ2) is 10.0. The Morgan fingerprint density at radius 2 is 2.00 bits per heavy atom. The number of aromatic nitrogens is 1. The van der Waals surface area contributed by atoms with Crippen molar-refractivity contribution in [3.8, 4) is 17.4 Å². The molecular weight excluding hydrogens is 401 g/mol. The third kappa shape index (κ3) is 6.43. The predicted octanol–water partition coefficient (Wildman–Crippen LogP) is 3.76. The zero-order chi connectivity index (χ0) is 21.4. The normalized spacial score (nSPS) is 14.1. The summed E-state index contributed by atoms with van der Waals surface area (Å²) >= 11 is 0. The molecule has 2 heterocycles. The van der Waals surface area contributed by atoms with Crippen LogP contribution in [0, 0.1) is 0 Å². The molecule has 0 saturated carbocycles. The number of ether oxygens (including phenoxy) is 3. The van der Waals surface area contributed by atoms with E-state index >= 15 is 0 Å². The number of pyridine rings is 1. The topological polar surface area (TPSA) is 77.0 Å². The smallest absolute Gasteiger partial charge is 0.422 e. The maximum Gasteiger partial charge on any atom is 0.422 e. The minimum atomic E-state index is -4.44. The fourth-order valence-corrected chi connectivity index (χ4v) is 2.67. The Kier molecular flexibility index (Phi) is 7.21. The molecule has 0 amide bonds. The second-order valence-electron chi connectivity index (χ2n) is 6.40. The molecule has 0 atom stereocenters. The van der Waals surface area contributed by atoms with Gasteiger partial charge in [-0.3, -0.25) is 0 Å². The molecule has 2 aromatic rings. The highest BCUT2D eigenvalue weighted by Crippen LogP contribution is 2.32. The third-order valence-corrected chi connectivity index (χ3v) is 3.98. The standard InChI is InChI=1S/C20H23F3N4O3/c1-2-24-19(27-15-6-7-16-17(11-15)29-10-4-9-28-16)26-12-14-5-3-8-25-18(14)30-13-20(21,22)23/h3,5-8,11H,2,4,9-10,12-13H2,1H3,(H2,24,26,27). The van der Waals surface area contributed by atoms with Gasteiger partial charge in [0.15, 0.2) is 24.1 Å². The summed E-state index contributed by atoms with van der Waals surface area (Å²) in [5.74, 6) is 1.69. The number of fused-ring (bicyclic) bond motifs is 1. The first kappa shape index (κ1) is 21.5. The number of aliphatic imine (C=N–C) groups is 1. The molecule has 1 aromatic carbocycles. The van der Waals surface area contributed by atoms with Gasteiger partial charge in [-0.15, -0.1) is 0 Å². The molecule has 0 spiro atoms. The van der Waals surface area contributed by atoms with E-state index in [0.717, 1.165) is 12.1 Å². The molecule has 0 saturated heterocycles. The number of alkyl halides is 3. The van der Waals surface area contributed by atoms with Crippen molar-refractivity contribution < 1.29 is 27.4 Å². The Labute approximate surface area is 172 Å². The molecule has 1 aliphatic rings. The maximum absolute atomic E-state index is 12.5. The summed E-state index contributed by atoms with van der Waals surface area (Å²) in [6, 6.07) is 8.71. The van der Waals surface area contributed by atoms with E-state index in [0.29, 0.717) is 42.8 Å². The van der Waals surface area contributed by atoms with E-state index in [4.69, 9.17) is 14.2 Å². The van der Waals surface area contributed by atoms with Crippen LogP contribution < -0.4 is 24.8 Å². The first-order valence-corrected chi connectivity index (χ1v) is 9.53. The molecule has 1 aliphatic heterocycles. The summed E-state index contributed by atoms with van der Waals surface area (Å²) in [6.07, 6.45) is -2.25. The van der Waals surface area contributed by atoms with Crippen LogP contribution in [0.3, 0.4) is 0 Å². The van der Waals surface area contributed by atoms with Gasteiger partial charge in [0.05, 0.1) is 19.8 Å². The highest BCUT2D eigenvalue weighted by Gasteiger charge is 2.29. The van der Waals surface area contributed by atoms with Crippen molar-refractivity contribution in [1.82, 2.24) is 10.3 Å². The summed E-state index contributed by atoms with van der Waals surface area (Å²) in [7, 11) is 0. The van der Waals surface area contributed by atoms with E-state index < -0.39 is 12.8 Å². The number of rotatable bonds is 6. The van der Waals surface area contributed by atoms with Crippen molar-refractivity contribution in [3.63, 3.8) is 0 Å². The quantitative estimate of drug-likeness (QED) is 0.543. The van der Waals surface area contributed by atoms with Gasteiger partial charge in [-0.25, -0.2) is 9.98 Å². The summed E-state index contributed by atoms with van der Waals surface area (Å²) in [6.45, 7) is 2.37. The zero-order valence-corrected chi connectivity index (χ0v) is 16.5. The van der Waals surface area contributed by atoms with E-state index in [1.165, 1.54) is 6.20 Å². The monoisotopic (exact) mass is 424 g/mol. The van der Waals surface area contributed by atoms with Gasteiger partial charge in [0.2, 0.25) is 5.88 Å². The molecule has 10 heteroatoms. The van der Waals surface area contributed by atoms with Gasteiger partial charge in [0, 0.05) is 36.5 Å². The van der Waals surface area contributed by atoms with E-state index in [1.54, 1.807) is 12.1 Å². The highest BCUT2D eigenvalue weighted by atomic mass is 19.4. The number of nitrogens with one attached hydrogen (secondary N) is 2. The molecule has 162 valence electrons. The number of hydrogen-bond acceptors (Lipinski definition) is 5. The van der Waals surface area contributed by atoms with E-state index in [1.807, 2.05) is 25.1 Å². The molecule has 30 heavy (non-hydrogen) atoms. The molecule has 0 unspecified atom stereocenters. The highest BCUT2D eigenvalue weighted by molar-refractivity contribution is 5.93. The molecule has 0 bridgehead atoms. The molecule has 0 radical (unpaired) electrons. The Morgan fingerprint density at radius 1 is 1.20 bits per heavy atom. The van der Waals surface area contributed by atoms with E-state index in [2.05, 4.69) is 20.6 Å². The number of nitrogens with zero attached hydrogens (tertiary/aromatic N) is 2. The second-order valence-corrected chi connectivity index (χ2v) is 6.40. The Hall–Kier alpha value is -3.17. The van der Waals surface area contributed by atoms with E-state index in [-0.39, 0.29) is 12.4 Å². The van der Waals surface area contributed by atoms with Gasteiger partial charge in [-0.2, -0.15) is 13.2 Å². The fourth-order valence-electron chi connectivity index (χ4n) is 2.67. The van der Waals surface area contributed by atoms with Gasteiger partial charge in [-0.05, 0) is 25.1 Å². The van der Waals surface area contributed by atoms with Crippen LogP contribution in [0.2, 0.25) is 0 Å². The lowest BCUT2D eigenvalue weighted by Crippen LogP contribution is -2.30. The average Bonchev–Trinajstić information content (AvgIpc) is 2.95. The van der Waals surface area contributed by atoms with E-state index in [9.17, 15) is 13.2 Å². The molecule has 3 rings (SSSR count). The van der Waals surface area contributed by atoms with Crippen molar-refractivity contribution in [2.24, 2.45) is 4.99 Å². The lowest BCUT2D eigenvalue weighted by Gasteiger charge is -2.14. The molecule has 2 N–H and O–H groups in total. The first-order chi connectivity index (χ1) is 14.4. The van der Waals surface area contributed by atoms with Crippen molar-refractivity contribution in [3.05, 3.63) is 42.1 Å². The van der Waals surface area contributed by atoms with Crippen molar-refractivity contribution in [1.29, 1.82) is 0 Å². The summed E-state index contributed by atoms with van der Waals surface area (Å²) in [5.41, 5.74) is 1.18. The molecule has 7 nitrogen and oxygen atoms in total. The van der Waals surface area contributed by atoms with Gasteiger partial charge < -0.3 is 24.8 Å². The maximum atomic E-state index is 12.5. The van der Waals surface area contributed by atoms with Crippen LogP contribution in [0.4, 0.5) is 18.9 Å². The Morgan fingerprint density at radius 3 is 2.77 bits per heavy atom. The first-order valence-electron chi connectivity index (χ1n) is 9.53. The van der Waals surface area contributed by atoms with Crippen LogP contribution in [0.25, 0.3) is 0 Å². The summed E-state index contributed by atoms with van der Waals surface area (Å²) in [5, 5.41) is 6.25. The van der Waals surface area contributed by atoms with Gasteiger partial charge >= 0.3 is 6.18 Å². The van der Waals surface area contributed by atoms with Crippen molar-refractivity contribution in [2.45, 2.75) is 26.1 Å². The summed E-state index contributed by atoms with van der Waals surface area (Å²) < 4.78 is 53.5. The number of guanidine groups is 1. The van der Waals surface area contributed by atoms with Crippen LogP contribution in [-0.4, -0.2) is 43.5 Å². The Balaban J connectivity index is 1.72. The van der Waals surface area contributed by atoms with Crippen LogP contribution in [0.15, 0.2) is 41.5 Å². The van der Waals surface area contributed by atoms with Crippen LogP contribution in [-0.2, 0) is 6.54 Å². The fraction of sp³-hybridized carbons (Fsp3) is 0.400. The van der Waals surface area contributed by atoms with Crippen molar-refractivity contribution in [2.75, 3.05) is 31.7 Å².